The van der Waals surface area contributed by atoms with Crippen molar-refractivity contribution >= 4 is 42.4 Å². The highest BCUT2D eigenvalue weighted by atomic mass is 32.2. The van der Waals surface area contributed by atoms with Crippen LogP contribution in [-0.2, 0) is 19.7 Å². The molecule has 0 saturated carbocycles. The van der Waals surface area contributed by atoms with Crippen molar-refractivity contribution in [3.63, 3.8) is 0 Å². The topological polar surface area (TPSA) is 167 Å². The zero-order valence-electron chi connectivity index (χ0n) is 26.1. The molecule has 6 aromatic rings. The fourth-order valence-corrected chi connectivity index (χ4v) is 8.74. The van der Waals surface area contributed by atoms with Gasteiger partial charge in [-0.2, -0.15) is 10.5 Å². The molecule has 0 bridgehead atoms. The number of ether oxygens (including phenoxy) is 1. The van der Waals surface area contributed by atoms with Crippen LogP contribution in [0.3, 0.4) is 0 Å². The summed E-state index contributed by atoms with van der Waals surface area (Å²) < 4.78 is 63.4. The number of hydrogen-bond acceptors (Lipinski definition) is 11. The van der Waals surface area contributed by atoms with Crippen LogP contribution in [-0.4, -0.2) is 36.2 Å². The van der Waals surface area contributed by atoms with Crippen LogP contribution >= 0.6 is 0 Å². The Labute approximate surface area is 291 Å². The Kier molecular flexibility index (Phi) is 7.30. The number of benzene rings is 4. The summed E-state index contributed by atoms with van der Waals surface area (Å²) in [7, 11) is -7.86. The van der Waals surface area contributed by atoms with E-state index >= 15 is 0 Å². The van der Waals surface area contributed by atoms with Crippen LogP contribution in [0.4, 0.5) is 11.4 Å². The first-order valence-corrected chi connectivity index (χ1v) is 18.2. The Morgan fingerprint density at radius 3 is 1.35 bits per heavy atom. The number of nitrogens with zero attached hydrogens (tertiary/aromatic N) is 8. The molecule has 15 heteroatoms. The summed E-state index contributed by atoms with van der Waals surface area (Å²) in [4.78, 5) is 8.25. The molecule has 0 N–H and O–H groups in total. The Bertz CT molecular complexity index is 2520. The summed E-state index contributed by atoms with van der Waals surface area (Å²) in [5.41, 5.74) is 3.62. The molecule has 0 unspecified atom stereocenters. The third-order valence-corrected chi connectivity index (χ3v) is 11.2. The predicted molar refractivity (Wildman–Crippen MR) is 186 cm³/mol. The molecule has 0 aliphatic carbocycles. The first kappa shape index (κ1) is 31.3. The van der Waals surface area contributed by atoms with Gasteiger partial charge < -0.3 is 4.74 Å². The van der Waals surface area contributed by atoms with E-state index in [2.05, 4.69) is 22.1 Å². The second-order valence-corrected chi connectivity index (χ2v) is 14.9. The van der Waals surface area contributed by atoms with Gasteiger partial charge in [-0.25, -0.2) is 46.2 Å². The molecule has 0 saturated heterocycles. The average molecular weight is 711 g/mol. The lowest BCUT2D eigenvalue weighted by Crippen LogP contribution is -2.26. The van der Waals surface area contributed by atoms with Crippen LogP contribution in [0.15, 0.2) is 143 Å². The minimum atomic E-state index is -3.93. The molecular weight excluding hydrogens is 689 g/mol. The molecule has 0 spiro atoms. The lowest BCUT2D eigenvalue weighted by atomic mass is 10.1. The van der Waals surface area contributed by atoms with E-state index in [0.717, 1.165) is 10.8 Å². The van der Waals surface area contributed by atoms with Gasteiger partial charge in [0, 0.05) is 48.0 Å². The predicted octanol–water partition coefficient (Wildman–Crippen LogP) is 5.73. The molecule has 0 fully saturated rings. The Morgan fingerprint density at radius 2 is 1.00 bits per heavy atom. The standard InChI is InChI=1S/C36H22N8O5S2/c37-19-25-1-5-27(6-2-25)43(41-15-13-39-23-41)33-21-50(45,46)35-17-29(9-11-31(33)35)49-30-10-12-32-34(22-51(47,48)36(32)18-30)44(42-16-14-40-24-42)28-7-3-26(20-38)4-8-28/h1-18,21-24H. The summed E-state index contributed by atoms with van der Waals surface area (Å²) in [6, 6.07) is 26.8. The van der Waals surface area contributed by atoms with Crippen molar-refractivity contribution in [1.82, 2.24) is 19.3 Å². The zero-order valence-corrected chi connectivity index (χ0v) is 27.8. The summed E-state index contributed by atoms with van der Waals surface area (Å²) in [6.07, 6.45) is 9.53. The Hall–Kier alpha value is -6.94. The third kappa shape index (κ3) is 5.48. The molecule has 2 aliphatic rings. The van der Waals surface area contributed by atoms with Crippen molar-refractivity contribution in [2.24, 2.45) is 0 Å². The molecule has 2 aliphatic heterocycles. The lowest BCUT2D eigenvalue weighted by Gasteiger charge is -2.27. The van der Waals surface area contributed by atoms with Gasteiger partial charge >= 0.3 is 0 Å². The van der Waals surface area contributed by atoms with Crippen LogP contribution < -0.4 is 14.8 Å². The number of anilines is 2. The highest BCUT2D eigenvalue weighted by Gasteiger charge is 2.34. The van der Waals surface area contributed by atoms with E-state index in [0.29, 0.717) is 45.0 Å². The molecule has 4 heterocycles. The quantitative estimate of drug-likeness (QED) is 0.189. The number of hydrogen-bond donors (Lipinski definition) is 0. The van der Waals surface area contributed by atoms with Crippen molar-refractivity contribution in [3.05, 3.63) is 155 Å². The molecule has 51 heavy (non-hydrogen) atoms. The van der Waals surface area contributed by atoms with Gasteiger partial charge in [-0.3, -0.25) is 0 Å². The van der Waals surface area contributed by atoms with Crippen LogP contribution in [0, 0.1) is 22.7 Å². The average Bonchev–Trinajstić information content (AvgIpc) is 3.95. The van der Waals surface area contributed by atoms with E-state index in [1.165, 1.54) is 24.8 Å². The highest BCUT2D eigenvalue weighted by Crippen LogP contribution is 2.43. The summed E-state index contributed by atoms with van der Waals surface area (Å²) in [6.45, 7) is 0. The second kappa shape index (κ2) is 11.9. The third-order valence-electron chi connectivity index (χ3n) is 8.22. The van der Waals surface area contributed by atoms with Gasteiger partial charge in [-0.15, -0.1) is 0 Å². The van der Waals surface area contributed by atoms with Crippen molar-refractivity contribution in [1.29, 1.82) is 10.5 Å². The number of nitriles is 2. The van der Waals surface area contributed by atoms with Crippen molar-refractivity contribution < 1.29 is 21.6 Å². The fraction of sp³-hybridized carbons (Fsp3) is 0. The normalized spacial score (nSPS) is 14.7. The number of imidazole rings is 2. The minimum absolute atomic E-state index is 0.00452. The highest BCUT2D eigenvalue weighted by molar-refractivity contribution is 7.95. The second-order valence-electron chi connectivity index (χ2n) is 11.3. The maximum atomic E-state index is 13.5. The maximum Gasteiger partial charge on any atom is 0.202 e. The van der Waals surface area contributed by atoms with E-state index < -0.39 is 19.7 Å². The van der Waals surface area contributed by atoms with Crippen molar-refractivity contribution in [2.75, 3.05) is 10.0 Å². The largest absolute Gasteiger partial charge is 0.457 e. The smallest absolute Gasteiger partial charge is 0.202 e. The molecule has 0 radical (unpaired) electrons. The van der Waals surface area contributed by atoms with Gasteiger partial charge in [0.2, 0.25) is 19.7 Å². The fourth-order valence-electron chi connectivity index (χ4n) is 5.93. The molecule has 4 aromatic carbocycles. The van der Waals surface area contributed by atoms with Gasteiger partial charge in [0.05, 0.1) is 66.6 Å². The van der Waals surface area contributed by atoms with Crippen LogP contribution in [0.25, 0.3) is 11.4 Å². The van der Waals surface area contributed by atoms with Gasteiger partial charge in [-0.05, 0) is 72.8 Å². The van der Waals surface area contributed by atoms with E-state index in [-0.39, 0.29) is 21.3 Å². The number of sulfone groups is 2. The minimum Gasteiger partial charge on any atom is -0.457 e. The summed E-state index contributed by atoms with van der Waals surface area (Å²) >= 11 is 0. The molecule has 8 rings (SSSR count). The van der Waals surface area contributed by atoms with E-state index in [1.54, 1.807) is 117 Å². The first-order valence-electron chi connectivity index (χ1n) is 15.1. The van der Waals surface area contributed by atoms with Crippen LogP contribution in [0.5, 0.6) is 11.5 Å². The molecule has 248 valence electrons. The van der Waals surface area contributed by atoms with E-state index in [1.807, 2.05) is 0 Å². The van der Waals surface area contributed by atoms with Gasteiger partial charge in [0.25, 0.3) is 0 Å². The molecule has 13 nitrogen and oxygen atoms in total. The summed E-state index contributed by atoms with van der Waals surface area (Å²) in [5.74, 6) is 0.362. The van der Waals surface area contributed by atoms with E-state index in [4.69, 9.17) is 4.74 Å². The Balaban J connectivity index is 1.12. The van der Waals surface area contributed by atoms with Crippen molar-refractivity contribution in [2.45, 2.75) is 9.79 Å². The number of aromatic nitrogens is 4. The maximum absolute atomic E-state index is 13.5. The summed E-state index contributed by atoms with van der Waals surface area (Å²) in [5, 5.41) is 24.2. The van der Waals surface area contributed by atoms with Gasteiger partial charge in [0.1, 0.15) is 24.2 Å². The van der Waals surface area contributed by atoms with E-state index in [9.17, 15) is 27.4 Å². The van der Waals surface area contributed by atoms with Crippen LogP contribution in [0.2, 0.25) is 0 Å². The van der Waals surface area contributed by atoms with Crippen molar-refractivity contribution in [3.8, 4) is 23.6 Å². The molecular formula is C36H22N8O5S2. The van der Waals surface area contributed by atoms with Gasteiger partial charge in [-0.1, -0.05) is 0 Å². The lowest BCUT2D eigenvalue weighted by molar-refractivity contribution is 0.479. The molecule has 0 amide bonds. The number of fused-ring (bicyclic) bond motifs is 2. The number of rotatable bonds is 8. The first-order chi connectivity index (χ1) is 24.6. The zero-order chi connectivity index (χ0) is 35.3. The van der Waals surface area contributed by atoms with Crippen LogP contribution in [0.1, 0.15) is 22.3 Å². The SMILES string of the molecule is N#Cc1ccc(N(C2=CS(=O)(=O)c3cc(Oc4ccc5c(c4)S(=O)(=O)C=C5N(c4ccc(C#N)cc4)n4ccnc4)ccc32)n2ccnc2)cc1. The molecule has 2 aromatic heterocycles. The molecule has 0 atom stereocenters. The Morgan fingerprint density at radius 1 is 0.588 bits per heavy atom. The van der Waals surface area contributed by atoms with Gasteiger partial charge in [0.15, 0.2) is 0 Å². The monoisotopic (exact) mass is 710 g/mol.